The number of nitrogens with zero attached hydrogens (tertiary/aromatic N) is 2. The van der Waals surface area contributed by atoms with Crippen LogP contribution in [0.4, 0.5) is 0 Å². The van der Waals surface area contributed by atoms with E-state index in [-0.39, 0.29) is 36.3 Å². The molecule has 0 aliphatic carbocycles. The lowest BCUT2D eigenvalue weighted by Gasteiger charge is -2.22. The van der Waals surface area contributed by atoms with Crippen molar-refractivity contribution in [1.29, 1.82) is 0 Å². The SMILES string of the molecule is CCNC(=NCCS(C)(=O)=O)N(C)CCOc1ccccc1.I. The predicted molar refractivity (Wildman–Crippen MR) is 106 cm³/mol. The number of guanidine groups is 1. The fraction of sp³-hybridized carbons (Fsp3) is 0.533. The van der Waals surface area contributed by atoms with Gasteiger partial charge in [0.15, 0.2) is 5.96 Å². The number of para-hydroxylation sites is 1. The predicted octanol–water partition coefficient (Wildman–Crippen LogP) is 1.63. The van der Waals surface area contributed by atoms with Gasteiger partial charge >= 0.3 is 0 Å². The van der Waals surface area contributed by atoms with Crippen molar-refractivity contribution >= 4 is 39.8 Å². The van der Waals surface area contributed by atoms with Gasteiger partial charge in [0.25, 0.3) is 0 Å². The first-order valence-corrected chi connectivity index (χ1v) is 9.33. The van der Waals surface area contributed by atoms with Gasteiger partial charge in [0.2, 0.25) is 0 Å². The number of benzene rings is 1. The molecule has 0 heterocycles. The third kappa shape index (κ3) is 10.4. The van der Waals surface area contributed by atoms with Gasteiger partial charge in [0.1, 0.15) is 22.2 Å². The molecule has 0 spiro atoms. The Labute approximate surface area is 156 Å². The molecule has 8 heteroatoms. The van der Waals surface area contributed by atoms with Gasteiger partial charge in [-0.15, -0.1) is 24.0 Å². The van der Waals surface area contributed by atoms with Crippen molar-refractivity contribution in [3.05, 3.63) is 30.3 Å². The molecule has 132 valence electrons. The molecule has 0 saturated carbocycles. The third-order valence-corrected chi connectivity index (χ3v) is 3.78. The number of hydrogen-bond acceptors (Lipinski definition) is 4. The molecular weight excluding hydrogens is 429 g/mol. The van der Waals surface area contributed by atoms with Crippen molar-refractivity contribution in [2.75, 3.05) is 45.3 Å². The molecule has 0 atom stereocenters. The molecule has 0 aliphatic rings. The highest BCUT2D eigenvalue weighted by molar-refractivity contribution is 14.0. The van der Waals surface area contributed by atoms with Crippen LogP contribution in [0, 0.1) is 0 Å². The van der Waals surface area contributed by atoms with E-state index in [1.807, 2.05) is 49.2 Å². The Morgan fingerprint density at radius 2 is 1.96 bits per heavy atom. The summed E-state index contributed by atoms with van der Waals surface area (Å²) in [7, 11) is -1.09. The summed E-state index contributed by atoms with van der Waals surface area (Å²) in [5, 5.41) is 3.14. The zero-order chi connectivity index (χ0) is 16.4. The van der Waals surface area contributed by atoms with Gasteiger partial charge in [0.05, 0.1) is 18.8 Å². The van der Waals surface area contributed by atoms with E-state index in [9.17, 15) is 8.42 Å². The summed E-state index contributed by atoms with van der Waals surface area (Å²) in [6.45, 7) is 4.13. The molecule has 0 bridgehead atoms. The molecule has 0 fully saturated rings. The Morgan fingerprint density at radius 1 is 1.30 bits per heavy atom. The van der Waals surface area contributed by atoms with Gasteiger partial charge in [-0.1, -0.05) is 18.2 Å². The van der Waals surface area contributed by atoms with E-state index >= 15 is 0 Å². The van der Waals surface area contributed by atoms with E-state index in [0.29, 0.717) is 19.1 Å². The van der Waals surface area contributed by atoms with Gasteiger partial charge in [-0.05, 0) is 19.1 Å². The van der Waals surface area contributed by atoms with Crippen LogP contribution in [0.15, 0.2) is 35.3 Å². The fourth-order valence-electron chi connectivity index (χ4n) is 1.71. The van der Waals surface area contributed by atoms with Crippen molar-refractivity contribution in [1.82, 2.24) is 10.2 Å². The molecule has 1 aromatic carbocycles. The first-order chi connectivity index (χ1) is 10.4. The van der Waals surface area contributed by atoms with Gasteiger partial charge in [-0.3, -0.25) is 4.99 Å². The topological polar surface area (TPSA) is 71.0 Å². The summed E-state index contributed by atoms with van der Waals surface area (Å²) in [6, 6.07) is 9.61. The molecule has 1 N–H and O–H groups in total. The van der Waals surface area contributed by atoms with E-state index in [1.165, 1.54) is 6.26 Å². The maximum absolute atomic E-state index is 11.1. The number of nitrogens with one attached hydrogen (secondary N) is 1. The molecule has 6 nitrogen and oxygen atoms in total. The quantitative estimate of drug-likeness (QED) is 0.367. The maximum Gasteiger partial charge on any atom is 0.193 e. The minimum absolute atomic E-state index is 0. The van der Waals surface area contributed by atoms with E-state index < -0.39 is 9.84 Å². The minimum Gasteiger partial charge on any atom is -0.492 e. The average molecular weight is 455 g/mol. The molecule has 1 rings (SSSR count). The number of halogens is 1. The molecule has 1 aromatic rings. The van der Waals surface area contributed by atoms with E-state index in [2.05, 4.69) is 10.3 Å². The second-order valence-corrected chi connectivity index (χ2v) is 7.21. The first kappa shape index (κ1) is 22.0. The highest BCUT2D eigenvalue weighted by Crippen LogP contribution is 2.07. The summed E-state index contributed by atoms with van der Waals surface area (Å²) in [6.07, 6.45) is 1.22. The third-order valence-electron chi connectivity index (χ3n) is 2.86. The Kier molecular flexibility index (Phi) is 11.0. The van der Waals surface area contributed by atoms with E-state index in [1.54, 1.807) is 0 Å². The molecule has 23 heavy (non-hydrogen) atoms. The number of rotatable bonds is 8. The summed E-state index contributed by atoms with van der Waals surface area (Å²) >= 11 is 0. The monoisotopic (exact) mass is 455 g/mol. The molecule has 0 aromatic heterocycles. The van der Waals surface area contributed by atoms with Gasteiger partial charge in [-0.25, -0.2) is 8.42 Å². The van der Waals surface area contributed by atoms with Crippen LogP contribution < -0.4 is 10.1 Å². The van der Waals surface area contributed by atoms with Crippen LogP contribution in [0.2, 0.25) is 0 Å². The second-order valence-electron chi connectivity index (χ2n) is 4.95. The molecular formula is C15H26IN3O3S. The normalized spacial score (nSPS) is 11.5. The van der Waals surface area contributed by atoms with Crippen molar-refractivity contribution in [2.24, 2.45) is 4.99 Å². The van der Waals surface area contributed by atoms with Crippen LogP contribution in [0.5, 0.6) is 5.75 Å². The number of sulfone groups is 1. The molecule has 0 amide bonds. The van der Waals surface area contributed by atoms with Crippen molar-refractivity contribution in [3.63, 3.8) is 0 Å². The van der Waals surface area contributed by atoms with Crippen LogP contribution in [-0.4, -0.2) is 64.6 Å². The first-order valence-electron chi connectivity index (χ1n) is 7.27. The number of ether oxygens (including phenoxy) is 1. The van der Waals surface area contributed by atoms with Gasteiger partial charge in [-0.2, -0.15) is 0 Å². The van der Waals surface area contributed by atoms with Gasteiger partial charge in [0, 0.05) is 19.8 Å². The standard InChI is InChI=1S/C15H25N3O3S.HI/c1-4-16-15(17-10-13-22(3,19)20)18(2)11-12-21-14-8-6-5-7-9-14;/h5-9H,4,10-13H2,1-3H3,(H,16,17);1H. The Hall–Kier alpha value is -1.03. The van der Waals surface area contributed by atoms with Crippen molar-refractivity contribution < 1.29 is 13.2 Å². The smallest absolute Gasteiger partial charge is 0.193 e. The maximum atomic E-state index is 11.1. The lowest BCUT2D eigenvalue weighted by Crippen LogP contribution is -2.41. The zero-order valence-electron chi connectivity index (χ0n) is 13.9. The molecule has 0 saturated heterocycles. The number of likely N-dealkylation sites (N-methyl/N-ethyl adjacent to an activating group) is 1. The number of aliphatic imine (C=N–C) groups is 1. The van der Waals surface area contributed by atoms with Crippen LogP contribution >= 0.6 is 24.0 Å². The molecule has 0 aliphatic heterocycles. The minimum atomic E-state index is -2.99. The Morgan fingerprint density at radius 3 is 2.52 bits per heavy atom. The Balaban J connectivity index is 0.00000484. The summed E-state index contributed by atoms with van der Waals surface area (Å²) in [5.41, 5.74) is 0. The largest absolute Gasteiger partial charge is 0.492 e. The second kappa shape index (κ2) is 11.5. The Bertz CT molecular complexity index is 565. The van der Waals surface area contributed by atoms with Crippen molar-refractivity contribution in [3.8, 4) is 5.75 Å². The summed E-state index contributed by atoms with van der Waals surface area (Å²) in [4.78, 5) is 6.25. The van der Waals surface area contributed by atoms with Crippen molar-refractivity contribution in [2.45, 2.75) is 6.92 Å². The number of hydrogen-bond donors (Lipinski definition) is 1. The summed E-state index contributed by atoms with van der Waals surface area (Å²) < 4.78 is 27.9. The zero-order valence-corrected chi connectivity index (χ0v) is 17.0. The van der Waals surface area contributed by atoms with Crippen LogP contribution in [-0.2, 0) is 9.84 Å². The highest BCUT2D eigenvalue weighted by atomic mass is 127. The van der Waals surface area contributed by atoms with E-state index in [0.717, 1.165) is 12.3 Å². The fourth-order valence-corrected chi connectivity index (χ4v) is 2.13. The van der Waals surface area contributed by atoms with Gasteiger partial charge < -0.3 is 15.0 Å². The van der Waals surface area contributed by atoms with Crippen LogP contribution in [0.3, 0.4) is 0 Å². The van der Waals surface area contributed by atoms with E-state index in [4.69, 9.17) is 4.74 Å². The van der Waals surface area contributed by atoms with Crippen LogP contribution in [0.25, 0.3) is 0 Å². The summed E-state index contributed by atoms with van der Waals surface area (Å²) in [5.74, 6) is 1.56. The molecule has 0 radical (unpaired) electrons. The lowest BCUT2D eigenvalue weighted by molar-refractivity contribution is 0.281. The van der Waals surface area contributed by atoms with Crippen LogP contribution in [0.1, 0.15) is 6.92 Å². The highest BCUT2D eigenvalue weighted by Gasteiger charge is 2.07. The average Bonchev–Trinajstić information content (AvgIpc) is 2.46. The lowest BCUT2D eigenvalue weighted by atomic mass is 10.3. The molecule has 0 unspecified atom stereocenters.